The maximum Gasteiger partial charge on any atom is 0.255 e. The Bertz CT molecular complexity index is 1770. The molecule has 1 unspecified atom stereocenters. The molecule has 2 N–H and O–H groups in total. The van der Waals surface area contributed by atoms with E-state index in [1.165, 1.54) is 11.8 Å². The van der Waals surface area contributed by atoms with Crippen LogP contribution in [0.4, 0.5) is 11.6 Å². The summed E-state index contributed by atoms with van der Waals surface area (Å²) in [5, 5.41) is 12.7. The highest BCUT2D eigenvalue weighted by Crippen LogP contribution is 2.44. The van der Waals surface area contributed by atoms with Crippen LogP contribution in [0, 0.1) is 19.8 Å². The molecule has 3 aromatic carbocycles. The number of ether oxygens (including phenoxy) is 2. The van der Waals surface area contributed by atoms with E-state index >= 15 is 0 Å². The molecule has 0 radical (unpaired) electrons. The second kappa shape index (κ2) is 15.0. The molecule has 11 heteroatoms. The first-order chi connectivity index (χ1) is 22.0. The molecule has 0 saturated heterocycles. The van der Waals surface area contributed by atoms with Gasteiger partial charge in [-0.2, -0.15) is 4.98 Å². The summed E-state index contributed by atoms with van der Waals surface area (Å²) < 4.78 is 14.8. The smallest absolute Gasteiger partial charge is 0.255 e. The Morgan fingerprint density at radius 3 is 2.63 bits per heavy atom. The number of aromatic nitrogens is 3. The molecule has 0 spiro atoms. The Morgan fingerprint density at radius 1 is 1.13 bits per heavy atom. The molecule has 1 amide bonds. The Morgan fingerprint density at radius 2 is 1.91 bits per heavy atom. The van der Waals surface area contributed by atoms with Crippen LogP contribution in [-0.4, -0.2) is 33.9 Å². The number of nitrogens with one attached hydrogen (secondary N) is 2. The number of thioether (sulfide) groups is 1. The zero-order valence-corrected chi connectivity index (χ0v) is 30.1. The predicted molar refractivity (Wildman–Crippen MR) is 190 cm³/mol. The minimum absolute atomic E-state index is 0.236. The lowest BCUT2D eigenvalue weighted by Crippen LogP contribution is -2.31. The second-order valence-electron chi connectivity index (χ2n) is 11.7. The van der Waals surface area contributed by atoms with E-state index in [-0.39, 0.29) is 5.91 Å². The lowest BCUT2D eigenvalue weighted by atomic mass is 9.94. The average molecular weight is 725 g/mol. The van der Waals surface area contributed by atoms with Crippen LogP contribution in [-0.2, 0) is 10.5 Å². The fourth-order valence-electron chi connectivity index (χ4n) is 5.24. The van der Waals surface area contributed by atoms with Crippen molar-refractivity contribution < 1.29 is 14.3 Å². The molecule has 0 saturated carbocycles. The van der Waals surface area contributed by atoms with E-state index in [0.717, 1.165) is 38.8 Å². The lowest BCUT2D eigenvalue weighted by Gasteiger charge is -2.29. The zero-order valence-electron chi connectivity index (χ0n) is 26.9. The van der Waals surface area contributed by atoms with Gasteiger partial charge in [0.25, 0.3) is 5.91 Å². The minimum Gasteiger partial charge on any atom is -0.490 e. The summed E-state index contributed by atoms with van der Waals surface area (Å²) in [6.07, 6.45) is 0.912. The molecule has 0 aliphatic carbocycles. The topological polar surface area (TPSA) is 90.3 Å². The van der Waals surface area contributed by atoms with Crippen LogP contribution in [0.2, 0.25) is 5.02 Å². The van der Waals surface area contributed by atoms with Gasteiger partial charge in [0.2, 0.25) is 11.1 Å². The van der Waals surface area contributed by atoms with Crippen LogP contribution in [0.15, 0.2) is 75.5 Å². The van der Waals surface area contributed by atoms with Gasteiger partial charge in [-0.1, -0.05) is 73.1 Å². The van der Waals surface area contributed by atoms with Gasteiger partial charge in [0.05, 0.1) is 23.3 Å². The average Bonchev–Trinajstić information content (AvgIpc) is 3.40. The summed E-state index contributed by atoms with van der Waals surface area (Å²) in [5.41, 5.74) is 5.85. The third kappa shape index (κ3) is 7.73. The third-order valence-corrected chi connectivity index (χ3v) is 9.46. The number of hydrogen-bond donors (Lipinski definition) is 2. The van der Waals surface area contributed by atoms with E-state index in [2.05, 4.69) is 46.5 Å². The highest BCUT2D eigenvalue weighted by atomic mass is 79.9. The number of rotatable bonds is 12. The van der Waals surface area contributed by atoms with Crippen molar-refractivity contribution in [3.05, 3.63) is 97.6 Å². The number of aryl methyl sites for hydroxylation is 2. The Kier molecular flexibility index (Phi) is 11.0. The maximum absolute atomic E-state index is 14.2. The standard InChI is InChI=1S/C35H39BrClN5O3S/c1-7-44-29-18-25(17-26(36)32(29)45-15-14-20(2)3)31-30(33(43)39-28-13-12-21(4)16-22(28)5)23(6)38-34-40-35(41-42(31)34)46-19-24-10-8-9-11-27(24)37/h8-13,16-18,20,31H,7,14-15,19H2,1-6H3,(H,39,43)(H,38,40,41). The maximum atomic E-state index is 14.2. The van der Waals surface area contributed by atoms with E-state index < -0.39 is 6.04 Å². The van der Waals surface area contributed by atoms with Gasteiger partial charge >= 0.3 is 0 Å². The normalized spacial score (nSPS) is 14.2. The first-order valence-corrected chi connectivity index (χ1v) is 17.5. The number of halogens is 2. The van der Waals surface area contributed by atoms with Gasteiger partial charge in [0.1, 0.15) is 6.04 Å². The quantitative estimate of drug-likeness (QED) is 0.141. The first-order valence-electron chi connectivity index (χ1n) is 15.3. The molecular formula is C35H39BrClN5O3S. The van der Waals surface area contributed by atoms with Crippen molar-refractivity contribution in [2.45, 2.75) is 64.9 Å². The summed E-state index contributed by atoms with van der Waals surface area (Å²) >= 11 is 11.7. The number of benzene rings is 3. The number of allylic oxidation sites excluding steroid dienone is 1. The number of amides is 1. The van der Waals surface area contributed by atoms with Gasteiger partial charge in [-0.05, 0) is 96.9 Å². The molecule has 46 heavy (non-hydrogen) atoms. The molecule has 1 atom stereocenters. The van der Waals surface area contributed by atoms with Crippen molar-refractivity contribution in [1.82, 2.24) is 14.8 Å². The van der Waals surface area contributed by atoms with Gasteiger partial charge in [-0.3, -0.25) is 4.79 Å². The summed E-state index contributed by atoms with van der Waals surface area (Å²) in [4.78, 5) is 19.0. The van der Waals surface area contributed by atoms with Gasteiger partial charge in [-0.25, -0.2) is 4.68 Å². The molecule has 242 valence electrons. The molecule has 2 heterocycles. The van der Waals surface area contributed by atoms with E-state index in [4.69, 9.17) is 31.2 Å². The lowest BCUT2D eigenvalue weighted by molar-refractivity contribution is -0.113. The van der Waals surface area contributed by atoms with Crippen LogP contribution in [0.5, 0.6) is 11.5 Å². The fourth-order valence-corrected chi connectivity index (χ4v) is 6.93. The molecule has 4 aromatic rings. The van der Waals surface area contributed by atoms with Crippen LogP contribution in [0.25, 0.3) is 0 Å². The highest BCUT2D eigenvalue weighted by molar-refractivity contribution is 9.10. The number of anilines is 2. The van der Waals surface area contributed by atoms with E-state index in [1.807, 2.05) is 76.2 Å². The van der Waals surface area contributed by atoms with Gasteiger partial charge in [0.15, 0.2) is 11.5 Å². The Balaban J connectivity index is 1.56. The number of carbonyl (C=O) groups is 1. The Labute approximate surface area is 288 Å². The number of fused-ring (bicyclic) bond motifs is 1. The van der Waals surface area contributed by atoms with Crippen molar-refractivity contribution in [1.29, 1.82) is 0 Å². The molecule has 0 fully saturated rings. The predicted octanol–water partition coefficient (Wildman–Crippen LogP) is 9.35. The van der Waals surface area contributed by atoms with Crippen molar-refractivity contribution in [3.63, 3.8) is 0 Å². The number of hydrogen-bond acceptors (Lipinski definition) is 7. The van der Waals surface area contributed by atoms with Crippen LogP contribution < -0.4 is 20.1 Å². The van der Waals surface area contributed by atoms with Crippen LogP contribution >= 0.6 is 39.3 Å². The molecule has 1 aliphatic heterocycles. The summed E-state index contributed by atoms with van der Waals surface area (Å²) in [7, 11) is 0. The molecule has 8 nitrogen and oxygen atoms in total. The van der Waals surface area contributed by atoms with E-state index in [1.54, 1.807) is 4.68 Å². The highest BCUT2D eigenvalue weighted by Gasteiger charge is 2.35. The SMILES string of the molecule is CCOc1cc(C2C(C(=O)Nc3ccc(C)cc3C)=C(C)Nc3nc(SCc4ccccc4Cl)nn32)cc(Br)c1OCCC(C)C. The van der Waals surface area contributed by atoms with Gasteiger partial charge in [0, 0.05) is 22.2 Å². The van der Waals surface area contributed by atoms with Crippen molar-refractivity contribution >= 4 is 56.8 Å². The van der Waals surface area contributed by atoms with Crippen molar-refractivity contribution in [2.75, 3.05) is 23.8 Å². The van der Waals surface area contributed by atoms with Gasteiger partial charge < -0.3 is 20.1 Å². The van der Waals surface area contributed by atoms with E-state index in [9.17, 15) is 4.79 Å². The summed E-state index contributed by atoms with van der Waals surface area (Å²) in [6.45, 7) is 13.2. The van der Waals surface area contributed by atoms with E-state index in [0.29, 0.717) is 63.8 Å². The molecule has 0 bridgehead atoms. The van der Waals surface area contributed by atoms with Crippen molar-refractivity contribution in [3.8, 4) is 11.5 Å². The third-order valence-electron chi connectivity index (χ3n) is 7.61. The zero-order chi connectivity index (χ0) is 33.0. The monoisotopic (exact) mass is 723 g/mol. The van der Waals surface area contributed by atoms with Crippen LogP contribution in [0.3, 0.4) is 0 Å². The first kappa shape index (κ1) is 33.9. The minimum atomic E-state index is -0.607. The molecule has 5 rings (SSSR count). The Hall–Kier alpha value is -3.47. The second-order valence-corrected chi connectivity index (χ2v) is 13.9. The summed E-state index contributed by atoms with van der Waals surface area (Å²) in [6, 6.07) is 17.0. The van der Waals surface area contributed by atoms with Crippen LogP contribution in [0.1, 0.15) is 62.4 Å². The number of nitrogens with zero attached hydrogens (tertiary/aromatic N) is 3. The molecule has 1 aromatic heterocycles. The van der Waals surface area contributed by atoms with Crippen molar-refractivity contribution in [2.24, 2.45) is 5.92 Å². The molecule has 1 aliphatic rings. The largest absolute Gasteiger partial charge is 0.490 e. The van der Waals surface area contributed by atoms with Gasteiger partial charge in [-0.15, -0.1) is 5.10 Å². The molecular weight excluding hydrogens is 686 g/mol. The number of carbonyl (C=O) groups excluding carboxylic acids is 1. The fraction of sp³-hybridized carbons (Fsp3) is 0.343. The summed E-state index contributed by atoms with van der Waals surface area (Å²) in [5.74, 6) is 2.64.